The van der Waals surface area contributed by atoms with Crippen molar-refractivity contribution in [1.29, 1.82) is 0 Å². The molecule has 4 aromatic rings. The third kappa shape index (κ3) is 22.8. The molecular weight excluding hydrogens is 1310 g/mol. The number of aryl methyl sites for hydroxylation is 2. The molecule has 1 N–H and O–H groups in total. The molecule has 1 fully saturated rings. The summed E-state index contributed by atoms with van der Waals surface area (Å²) in [7, 11) is -4.93. The maximum atomic E-state index is 13.6. The van der Waals surface area contributed by atoms with E-state index in [1.807, 2.05) is 64.1 Å². The van der Waals surface area contributed by atoms with Gasteiger partial charge < -0.3 is 18.9 Å². The molecule has 22 heteroatoms. The largest absolute Gasteiger partial charge is 0.488 e. The van der Waals surface area contributed by atoms with E-state index < -0.39 is 57.2 Å². The lowest BCUT2D eigenvalue weighted by Crippen LogP contribution is -2.43. The Morgan fingerprint density at radius 1 is 0.687 bits per heavy atom. The van der Waals surface area contributed by atoms with Crippen LogP contribution in [0.1, 0.15) is 145 Å². The Morgan fingerprint density at radius 3 is 1.59 bits per heavy atom. The lowest BCUT2D eigenvalue weighted by molar-refractivity contribution is -0.155. The second-order valence-electron chi connectivity index (χ2n) is 25.0. The Labute approximate surface area is 523 Å². The second kappa shape index (κ2) is 30.1. The molecule has 0 radical (unpaired) electrons. The summed E-state index contributed by atoms with van der Waals surface area (Å²) < 4.78 is 92.5. The quantitative estimate of drug-likeness (QED) is 0.0717. The minimum absolute atomic E-state index is 0.0101. The average Bonchev–Trinajstić information content (AvgIpc) is 2.78. The molecule has 0 saturated carbocycles. The predicted octanol–water partition coefficient (Wildman–Crippen LogP) is 14.2. The van der Waals surface area contributed by atoms with Gasteiger partial charge >= 0.3 is 11.9 Å². The fourth-order valence-electron chi connectivity index (χ4n) is 9.28. The summed E-state index contributed by atoms with van der Waals surface area (Å²) >= 11 is 10.2. The monoisotopic (exact) mass is 1400 g/mol. The van der Waals surface area contributed by atoms with Crippen molar-refractivity contribution in [1.82, 2.24) is 23.0 Å². The highest BCUT2D eigenvalue weighted by Crippen LogP contribution is 2.61. The molecule has 1 saturated heterocycles. The van der Waals surface area contributed by atoms with E-state index >= 15 is 0 Å². The van der Waals surface area contributed by atoms with Crippen LogP contribution in [0.3, 0.4) is 0 Å². The minimum Gasteiger partial charge on any atom is -0.488 e. The summed E-state index contributed by atoms with van der Waals surface area (Å²) in [4.78, 5) is 24.5. The van der Waals surface area contributed by atoms with Crippen molar-refractivity contribution < 1.29 is 45.4 Å². The number of nitrogens with zero attached hydrogens (tertiary/aromatic N) is 5. The molecule has 16 nitrogen and oxygen atoms in total. The Morgan fingerprint density at radius 2 is 1.14 bits per heavy atom. The van der Waals surface area contributed by atoms with Gasteiger partial charge in [-0.05, 0) is 219 Å². The molecular formula is C61H92Br3N6O10PS2. The van der Waals surface area contributed by atoms with E-state index in [1.165, 1.54) is 18.1 Å². The Bertz CT molecular complexity index is 3110. The van der Waals surface area contributed by atoms with Crippen molar-refractivity contribution in [3.05, 3.63) is 116 Å². The van der Waals surface area contributed by atoms with Crippen LogP contribution in [0.5, 0.6) is 11.5 Å². The molecule has 0 atom stereocenters. The van der Waals surface area contributed by atoms with Crippen molar-refractivity contribution in [3.8, 4) is 11.5 Å². The van der Waals surface area contributed by atoms with Gasteiger partial charge in [0.2, 0.25) is 20.0 Å². The first-order chi connectivity index (χ1) is 38.2. The smallest absolute Gasteiger partial charge is 0.321 e. The van der Waals surface area contributed by atoms with E-state index in [0.29, 0.717) is 11.5 Å². The molecule has 83 heavy (non-hydrogen) atoms. The number of nitrogens with one attached hydrogen (secondary N) is 1. The fraction of sp³-hybridized carbons (Fsp3) is 0.574. The highest BCUT2D eigenvalue weighted by Gasteiger charge is 2.39. The fourth-order valence-corrected chi connectivity index (χ4v) is 17.2. The molecule has 3 heterocycles. The van der Waals surface area contributed by atoms with Gasteiger partial charge in [0.1, 0.15) is 47.0 Å². The van der Waals surface area contributed by atoms with Crippen LogP contribution in [0.15, 0.2) is 108 Å². The van der Waals surface area contributed by atoms with Gasteiger partial charge in [0, 0.05) is 47.0 Å². The highest BCUT2D eigenvalue weighted by atomic mass is 79.9. The molecule has 4 aromatic carbocycles. The molecule has 0 unspecified atom stereocenters. The van der Waals surface area contributed by atoms with Gasteiger partial charge in [-0.15, -0.1) is 0 Å². The van der Waals surface area contributed by atoms with E-state index in [9.17, 15) is 26.4 Å². The van der Waals surface area contributed by atoms with Crippen molar-refractivity contribution >= 4 is 87.3 Å². The normalized spacial score (nSPS) is 16.8. The van der Waals surface area contributed by atoms with Gasteiger partial charge in [-0.3, -0.25) is 14.3 Å². The maximum Gasteiger partial charge on any atom is 0.321 e. The lowest BCUT2D eigenvalue weighted by atomic mass is 9.94. The zero-order valence-corrected chi connectivity index (χ0v) is 59.3. The van der Waals surface area contributed by atoms with Crippen molar-refractivity contribution in [2.75, 3.05) is 53.4 Å². The summed E-state index contributed by atoms with van der Waals surface area (Å²) in [5, 5.41) is 0.923. The summed E-state index contributed by atoms with van der Waals surface area (Å²) in [5.74, 6) is 0.191. The molecule has 0 aromatic heterocycles. The molecule has 7 rings (SSSR count). The van der Waals surface area contributed by atoms with Crippen LogP contribution in [0.25, 0.3) is 0 Å². The number of ether oxygens (including phenoxy) is 4. The number of benzene rings is 4. The van der Waals surface area contributed by atoms with E-state index in [-0.39, 0.29) is 39.6 Å². The first-order valence-corrected chi connectivity index (χ1v) is 35.4. The van der Waals surface area contributed by atoms with E-state index in [0.717, 1.165) is 87.1 Å². The van der Waals surface area contributed by atoms with Crippen LogP contribution in [-0.4, -0.2) is 128 Å². The molecule has 0 bridgehead atoms. The summed E-state index contributed by atoms with van der Waals surface area (Å²) in [6.07, 6.45) is 4.33. The number of esters is 2. The van der Waals surface area contributed by atoms with Crippen LogP contribution in [-0.2, 0) is 63.8 Å². The number of rotatable bonds is 14. The van der Waals surface area contributed by atoms with Crippen LogP contribution in [0.2, 0.25) is 0 Å². The first kappa shape index (κ1) is 72.3. The van der Waals surface area contributed by atoms with E-state index in [2.05, 4.69) is 127 Å². The van der Waals surface area contributed by atoms with E-state index in [1.54, 1.807) is 71.9 Å². The van der Waals surface area contributed by atoms with Gasteiger partial charge in [0.05, 0.1) is 15.3 Å². The zero-order valence-electron chi connectivity index (χ0n) is 52.0. The van der Waals surface area contributed by atoms with Gasteiger partial charge in [-0.25, -0.2) is 30.8 Å². The maximum absolute atomic E-state index is 13.6. The number of carbonyl (C=O) groups excluding carboxylic acids is 2. The van der Waals surface area contributed by atoms with Crippen molar-refractivity contribution in [3.63, 3.8) is 0 Å². The van der Waals surface area contributed by atoms with Gasteiger partial charge in [0.15, 0.2) is 7.51 Å². The van der Waals surface area contributed by atoms with Crippen LogP contribution in [0.4, 0.5) is 0 Å². The average molecular weight is 1400 g/mol. The Balaban J connectivity index is 0.000000256. The molecule has 0 spiro atoms. The Hall–Kier alpha value is -3.21. The number of halogens is 3. The topological polar surface area (TPSA) is 177 Å². The summed E-state index contributed by atoms with van der Waals surface area (Å²) in [6, 6.07) is 25.2. The highest BCUT2D eigenvalue weighted by molar-refractivity contribution is 9.10. The SMILES string of the molecule is BrCc1cccc(Br)c1.CC(C)(C)OC(=O)CN(Cc1cccc(Br)c1)S(=O)(=O)c1ccc2c(c1)CCC(C)(C)O2.CC(C)(C)OC(=O)CNS(=O)(=O)c1ccc2c(c1)CCC(C)(C)O2.CCN(CC)P1(=NC(C)(C)C)N(C)CCCN1C. The number of hydrogen-bond donors (Lipinski definition) is 1. The molecule has 3 aliphatic heterocycles. The lowest BCUT2D eigenvalue weighted by Gasteiger charge is -2.50. The van der Waals surface area contributed by atoms with Crippen LogP contribution >= 0.6 is 55.3 Å². The van der Waals surface area contributed by atoms with E-state index in [4.69, 9.17) is 23.7 Å². The van der Waals surface area contributed by atoms with Crippen LogP contribution in [0, 0.1) is 0 Å². The molecule has 0 amide bonds. The molecule has 3 aliphatic rings. The number of sulfonamides is 2. The summed E-state index contributed by atoms with van der Waals surface area (Å²) in [6.45, 7) is 33.3. The third-order valence-corrected chi connectivity index (χ3v) is 22.3. The molecule has 464 valence electrons. The van der Waals surface area contributed by atoms with Gasteiger partial charge in [-0.2, -0.15) is 9.03 Å². The number of carbonyl (C=O) groups is 2. The predicted molar refractivity (Wildman–Crippen MR) is 346 cm³/mol. The standard InChI is InChI=1S/C24H30BrNO5S.C17H25NO5S.C13H31N4P.C7H6Br2/c1-23(2,3)31-22(27)16-26(15-17-7-6-8-19(25)13-17)32(28,29)20-9-10-21-18(14-20)11-12-24(4,5)30-21;1-16(2,3)23-15(19)11-18-24(20,21)13-6-7-14-12(10-13)8-9-17(4,5)22-14;1-8-17(9-2)18(14-13(3,4)5)15(6)11-10-12-16(18)7;8-5-6-2-1-3-7(9)4-6/h6-10,13-14H,11-12,15-16H2,1-5H3;6-7,10,18H,8-9,11H2,1-5H3;8-12H2,1-7H3;1-4H,5H2. The van der Waals surface area contributed by atoms with Crippen LogP contribution < -0.4 is 14.2 Å². The zero-order chi connectivity index (χ0) is 62.6. The molecule has 0 aliphatic carbocycles. The van der Waals surface area contributed by atoms with Crippen molar-refractivity contribution in [2.24, 2.45) is 4.74 Å². The van der Waals surface area contributed by atoms with Crippen molar-refractivity contribution in [2.45, 2.75) is 186 Å². The summed E-state index contributed by atoms with van der Waals surface area (Å²) in [5.41, 5.74) is 1.88. The minimum atomic E-state index is -3.96. The second-order valence-corrected chi connectivity index (χ2v) is 34.3. The first-order valence-electron chi connectivity index (χ1n) is 28.2. The number of alkyl halides is 1. The number of hydrogen-bond acceptors (Lipinski definition) is 11. The third-order valence-electron chi connectivity index (χ3n) is 13.0. The van der Waals surface area contributed by atoms with Gasteiger partial charge in [0.25, 0.3) is 0 Å². The van der Waals surface area contributed by atoms with Gasteiger partial charge in [-0.1, -0.05) is 85.9 Å². The Kier molecular flexibility index (Phi) is 26.2. The number of fused-ring (bicyclic) bond motifs is 2.